The number of hydrogen-bond acceptors (Lipinski definition) is 3. The van der Waals surface area contributed by atoms with Crippen LogP contribution < -0.4 is 5.73 Å². The standard InChI is InChI=1S/C4H7N3OS/c5-3-7(1-2-9)4(6)8/h9H,1-2H2,(H2,6,8). The second kappa shape index (κ2) is 4.04. The molecule has 0 fully saturated rings. The van der Waals surface area contributed by atoms with Gasteiger partial charge in [0.05, 0.1) is 0 Å². The summed E-state index contributed by atoms with van der Waals surface area (Å²) in [5, 5.41) is 8.17. The van der Waals surface area contributed by atoms with Crippen molar-refractivity contribution in [3.05, 3.63) is 0 Å². The highest BCUT2D eigenvalue weighted by molar-refractivity contribution is 7.80. The zero-order chi connectivity index (χ0) is 7.28. The smallest absolute Gasteiger partial charge is 0.328 e. The monoisotopic (exact) mass is 145 g/mol. The second-order valence-electron chi connectivity index (χ2n) is 1.31. The summed E-state index contributed by atoms with van der Waals surface area (Å²) in [6, 6.07) is -0.730. The van der Waals surface area contributed by atoms with Gasteiger partial charge in [-0.15, -0.1) is 0 Å². The van der Waals surface area contributed by atoms with Crippen LogP contribution in [0, 0.1) is 11.5 Å². The Labute approximate surface area is 58.6 Å². The van der Waals surface area contributed by atoms with E-state index in [1.54, 1.807) is 6.19 Å². The molecule has 0 atom stereocenters. The van der Waals surface area contributed by atoms with E-state index >= 15 is 0 Å². The molecule has 50 valence electrons. The lowest BCUT2D eigenvalue weighted by atomic mass is 10.6. The molecule has 0 aromatic rings. The van der Waals surface area contributed by atoms with Gasteiger partial charge in [-0.2, -0.15) is 17.9 Å². The molecule has 4 nitrogen and oxygen atoms in total. The van der Waals surface area contributed by atoms with Crippen LogP contribution in [0.1, 0.15) is 0 Å². The fourth-order valence-electron chi connectivity index (χ4n) is 0.309. The minimum atomic E-state index is -0.730. The van der Waals surface area contributed by atoms with E-state index in [-0.39, 0.29) is 6.54 Å². The summed E-state index contributed by atoms with van der Waals surface area (Å²) >= 11 is 3.81. The van der Waals surface area contributed by atoms with Gasteiger partial charge in [-0.05, 0) is 0 Å². The van der Waals surface area contributed by atoms with Crippen molar-refractivity contribution < 1.29 is 4.79 Å². The maximum absolute atomic E-state index is 10.2. The Kier molecular flexibility index (Phi) is 3.64. The van der Waals surface area contributed by atoms with Crippen molar-refractivity contribution >= 4 is 18.7 Å². The van der Waals surface area contributed by atoms with E-state index in [1.807, 2.05) is 0 Å². The molecule has 0 aromatic carbocycles. The SMILES string of the molecule is N#CN(CCS)C(N)=O. The zero-order valence-electron chi connectivity index (χ0n) is 4.74. The van der Waals surface area contributed by atoms with Crippen LogP contribution in [-0.2, 0) is 0 Å². The van der Waals surface area contributed by atoms with Crippen LogP contribution in [0.2, 0.25) is 0 Å². The molecule has 9 heavy (non-hydrogen) atoms. The minimum absolute atomic E-state index is 0.273. The molecule has 0 aliphatic carbocycles. The normalized spacial score (nSPS) is 8.00. The molecule has 0 aliphatic rings. The number of primary amides is 1. The molecular weight excluding hydrogens is 138 g/mol. The number of carbonyl (C=O) groups excluding carboxylic acids is 1. The number of nitrogens with two attached hydrogens (primary N) is 1. The van der Waals surface area contributed by atoms with E-state index in [0.29, 0.717) is 5.75 Å². The van der Waals surface area contributed by atoms with Crippen molar-refractivity contribution in [3.8, 4) is 6.19 Å². The number of thiol groups is 1. The third-order valence-corrected chi connectivity index (χ3v) is 0.910. The molecule has 0 rings (SSSR count). The summed E-state index contributed by atoms with van der Waals surface area (Å²) < 4.78 is 0. The summed E-state index contributed by atoms with van der Waals surface area (Å²) in [4.78, 5) is 11.1. The van der Waals surface area contributed by atoms with Crippen molar-refractivity contribution in [3.63, 3.8) is 0 Å². The van der Waals surface area contributed by atoms with E-state index in [1.165, 1.54) is 0 Å². The number of carbonyl (C=O) groups is 1. The Bertz CT molecular complexity index is 141. The van der Waals surface area contributed by atoms with Gasteiger partial charge in [0.1, 0.15) is 0 Å². The van der Waals surface area contributed by atoms with Crippen LogP contribution in [0.4, 0.5) is 4.79 Å². The van der Waals surface area contributed by atoms with E-state index in [2.05, 4.69) is 12.6 Å². The van der Waals surface area contributed by atoms with E-state index in [0.717, 1.165) is 4.90 Å². The van der Waals surface area contributed by atoms with Gasteiger partial charge in [-0.1, -0.05) is 0 Å². The first-order valence-corrected chi connectivity index (χ1v) is 2.93. The predicted octanol–water partition coefficient (Wildman–Crippen LogP) is -0.222. The largest absolute Gasteiger partial charge is 0.351 e. The summed E-state index contributed by atoms with van der Waals surface area (Å²) in [5.74, 6) is 0.441. The summed E-state index contributed by atoms with van der Waals surface area (Å²) in [6.45, 7) is 0.273. The van der Waals surface area contributed by atoms with Crippen LogP contribution >= 0.6 is 12.6 Å². The topological polar surface area (TPSA) is 70.1 Å². The molecule has 5 heteroatoms. The van der Waals surface area contributed by atoms with E-state index in [9.17, 15) is 4.79 Å². The van der Waals surface area contributed by atoms with Crippen molar-refractivity contribution in [2.24, 2.45) is 5.73 Å². The second-order valence-corrected chi connectivity index (χ2v) is 1.76. The molecule has 2 N–H and O–H groups in total. The lowest BCUT2D eigenvalue weighted by Crippen LogP contribution is -2.32. The van der Waals surface area contributed by atoms with Gasteiger partial charge < -0.3 is 5.73 Å². The van der Waals surface area contributed by atoms with Gasteiger partial charge in [-0.3, -0.25) is 0 Å². The zero-order valence-corrected chi connectivity index (χ0v) is 5.64. The van der Waals surface area contributed by atoms with Crippen LogP contribution in [-0.4, -0.2) is 23.2 Å². The van der Waals surface area contributed by atoms with Crippen LogP contribution in [0.3, 0.4) is 0 Å². The minimum Gasteiger partial charge on any atom is -0.351 e. The summed E-state index contributed by atoms with van der Waals surface area (Å²) in [6.07, 6.45) is 1.61. The first kappa shape index (κ1) is 8.11. The Morgan fingerprint density at radius 2 is 2.44 bits per heavy atom. The van der Waals surface area contributed by atoms with Gasteiger partial charge in [-0.25, -0.2) is 9.69 Å². The van der Waals surface area contributed by atoms with E-state index < -0.39 is 6.03 Å². The van der Waals surface area contributed by atoms with Gasteiger partial charge in [0.2, 0.25) is 0 Å². The molecule has 2 amide bonds. The Balaban J connectivity index is 3.72. The van der Waals surface area contributed by atoms with Gasteiger partial charge in [0.25, 0.3) is 0 Å². The Morgan fingerprint density at radius 1 is 1.89 bits per heavy atom. The van der Waals surface area contributed by atoms with Crippen LogP contribution in [0.5, 0.6) is 0 Å². The van der Waals surface area contributed by atoms with Crippen molar-refractivity contribution in [2.75, 3.05) is 12.3 Å². The first-order valence-electron chi connectivity index (χ1n) is 2.30. The van der Waals surface area contributed by atoms with Gasteiger partial charge in [0.15, 0.2) is 6.19 Å². The highest BCUT2D eigenvalue weighted by Crippen LogP contribution is 1.84. The van der Waals surface area contributed by atoms with Crippen LogP contribution in [0.15, 0.2) is 0 Å². The fourth-order valence-corrected chi connectivity index (χ4v) is 0.509. The molecule has 0 aromatic heterocycles. The maximum atomic E-state index is 10.2. The number of rotatable bonds is 2. The molecule has 0 bridgehead atoms. The lowest BCUT2D eigenvalue weighted by molar-refractivity contribution is 0.228. The van der Waals surface area contributed by atoms with Crippen LogP contribution in [0.25, 0.3) is 0 Å². The van der Waals surface area contributed by atoms with Crippen molar-refractivity contribution in [1.29, 1.82) is 5.26 Å². The number of urea groups is 1. The predicted molar refractivity (Wildman–Crippen MR) is 35.8 cm³/mol. The lowest BCUT2D eigenvalue weighted by Gasteiger charge is -2.06. The quantitative estimate of drug-likeness (QED) is 0.320. The molecule has 0 radical (unpaired) electrons. The molecule has 0 saturated heterocycles. The molecule has 0 heterocycles. The van der Waals surface area contributed by atoms with E-state index in [4.69, 9.17) is 11.0 Å². The number of amides is 2. The molecule has 0 spiro atoms. The van der Waals surface area contributed by atoms with Crippen molar-refractivity contribution in [2.45, 2.75) is 0 Å². The summed E-state index contributed by atoms with van der Waals surface area (Å²) in [5.41, 5.74) is 4.76. The maximum Gasteiger partial charge on any atom is 0.328 e. The molecule has 0 unspecified atom stereocenters. The number of nitrogens with zero attached hydrogens (tertiary/aromatic N) is 2. The Morgan fingerprint density at radius 3 is 2.56 bits per heavy atom. The molecular formula is C4H7N3OS. The highest BCUT2D eigenvalue weighted by Gasteiger charge is 2.04. The van der Waals surface area contributed by atoms with Crippen molar-refractivity contribution in [1.82, 2.24) is 4.90 Å². The highest BCUT2D eigenvalue weighted by atomic mass is 32.1. The van der Waals surface area contributed by atoms with Gasteiger partial charge in [0, 0.05) is 12.3 Å². The molecule has 0 aliphatic heterocycles. The average Bonchev–Trinajstić information content (AvgIpc) is 1.82. The average molecular weight is 145 g/mol. The molecule has 0 saturated carbocycles. The Hall–Kier alpha value is -0.890. The first-order chi connectivity index (χ1) is 4.22. The number of hydrogen-bond donors (Lipinski definition) is 2. The number of nitriles is 1. The fraction of sp³-hybridized carbons (Fsp3) is 0.500. The third-order valence-electron chi connectivity index (χ3n) is 0.710. The summed E-state index contributed by atoms with van der Waals surface area (Å²) in [7, 11) is 0. The van der Waals surface area contributed by atoms with Gasteiger partial charge >= 0.3 is 6.03 Å². The third kappa shape index (κ3) is 2.82.